The Hall–Kier alpha value is -1.04. The van der Waals surface area contributed by atoms with Crippen molar-refractivity contribution in [1.82, 2.24) is 0 Å². The van der Waals surface area contributed by atoms with E-state index < -0.39 is 0 Å². The largest absolute Gasteiger partial charge is 0.0778 e. The van der Waals surface area contributed by atoms with Crippen molar-refractivity contribution in [3.05, 3.63) is 46.0 Å². The third kappa shape index (κ3) is 3.28. The van der Waals surface area contributed by atoms with Crippen molar-refractivity contribution in [2.75, 3.05) is 0 Å². The second-order valence-corrected chi connectivity index (χ2v) is 8.79. The molecule has 0 amide bonds. The fraction of sp³-hybridized carbons (Fsp3) is 0.652. The van der Waals surface area contributed by atoms with E-state index in [0.29, 0.717) is 11.3 Å². The SMILES string of the molecule is CCCCCc1cc(C)c2c(c1)CC(C)(C)C1CCC(C)=CC21. The van der Waals surface area contributed by atoms with Gasteiger partial charge in [-0.15, -0.1) is 0 Å². The van der Waals surface area contributed by atoms with Crippen molar-refractivity contribution in [1.29, 1.82) is 0 Å². The fourth-order valence-corrected chi connectivity index (χ4v) is 5.15. The second-order valence-electron chi connectivity index (χ2n) is 8.79. The van der Waals surface area contributed by atoms with Gasteiger partial charge in [0, 0.05) is 5.92 Å². The van der Waals surface area contributed by atoms with Gasteiger partial charge in [0.05, 0.1) is 0 Å². The van der Waals surface area contributed by atoms with Crippen LogP contribution < -0.4 is 0 Å². The summed E-state index contributed by atoms with van der Waals surface area (Å²) in [4.78, 5) is 0. The van der Waals surface area contributed by atoms with Crippen LogP contribution in [-0.2, 0) is 12.8 Å². The molecule has 0 bridgehead atoms. The van der Waals surface area contributed by atoms with Crippen LogP contribution >= 0.6 is 0 Å². The van der Waals surface area contributed by atoms with Crippen LogP contribution in [0.25, 0.3) is 0 Å². The minimum Gasteiger partial charge on any atom is -0.0778 e. The van der Waals surface area contributed by atoms with E-state index in [9.17, 15) is 0 Å². The molecule has 0 spiro atoms. The highest BCUT2D eigenvalue weighted by atomic mass is 14.5. The molecule has 2 aliphatic rings. The Balaban J connectivity index is 1.99. The molecule has 0 saturated carbocycles. The van der Waals surface area contributed by atoms with Gasteiger partial charge in [0.15, 0.2) is 0 Å². The summed E-state index contributed by atoms with van der Waals surface area (Å²) < 4.78 is 0. The van der Waals surface area contributed by atoms with E-state index in [1.54, 1.807) is 27.8 Å². The molecule has 126 valence electrons. The zero-order valence-electron chi connectivity index (χ0n) is 15.8. The topological polar surface area (TPSA) is 0 Å². The first-order chi connectivity index (χ1) is 10.9. The van der Waals surface area contributed by atoms with E-state index >= 15 is 0 Å². The van der Waals surface area contributed by atoms with Crippen LogP contribution in [0.3, 0.4) is 0 Å². The predicted octanol–water partition coefficient (Wildman–Crippen LogP) is 6.75. The predicted molar refractivity (Wildman–Crippen MR) is 101 cm³/mol. The van der Waals surface area contributed by atoms with E-state index in [1.807, 2.05) is 0 Å². The molecule has 3 rings (SSSR count). The molecule has 1 aromatic rings. The molecule has 0 radical (unpaired) electrons. The number of benzene rings is 1. The molecule has 0 heteroatoms. The summed E-state index contributed by atoms with van der Waals surface area (Å²) in [6, 6.07) is 5.04. The van der Waals surface area contributed by atoms with Gasteiger partial charge >= 0.3 is 0 Å². The van der Waals surface area contributed by atoms with Crippen LogP contribution in [0.15, 0.2) is 23.8 Å². The minimum atomic E-state index is 0.434. The van der Waals surface area contributed by atoms with Crippen molar-refractivity contribution in [3.63, 3.8) is 0 Å². The molecule has 2 atom stereocenters. The first kappa shape index (κ1) is 16.8. The van der Waals surface area contributed by atoms with E-state index in [-0.39, 0.29) is 0 Å². The lowest BCUT2D eigenvalue weighted by atomic mass is 9.57. The number of aryl methyl sites for hydroxylation is 2. The van der Waals surface area contributed by atoms with Crippen molar-refractivity contribution >= 4 is 0 Å². The van der Waals surface area contributed by atoms with E-state index in [1.165, 1.54) is 44.9 Å². The second kappa shape index (κ2) is 6.46. The molecule has 0 aliphatic heterocycles. The maximum absolute atomic E-state index is 2.59. The maximum atomic E-state index is 2.59. The van der Waals surface area contributed by atoms with Gasteiger partial charge in [0.25, 0.3) is 0 Å². The van der Waals surface area contributed by atoms with Gasteiger partial charge in [0.1, 0.15) is 0 Å². The molecule has 1 aromatic carbocycles. The summed E-state index contributed by atoms with van der Waals surface area (Å²) in [6.45, 7) is 12.0. The summed E-state index contributed by atoms with van der Waals surface area (Å²) in [7, 11) is 0. The lowest BCUT2D eigenvalue weighted by molar-refractivity contribution is 0.157. The molecule has 0 N–H and O–H groups in total. The number of hydrogen-bond donors (Lipinski definition) is 0. The fourth-order valence-electron chi connectivity index (χ4n) is 5.15. The molecule has 0 heterocycles. The van der Waals surface area contributed by atoms with Crippen molar-refractivity contribution in [2.24, 2.45) is 11.3 Å². The van der Waals surface area contributed by atoms with Crippen LogP contribution in [0.2, 0.25) is 0 Å². The first-order valence-electron chi connectivity index (χ1n) is 9.72. The Morgan fingerprint density at radius 1 is 1.13 bits per heavy atom. The van der Waals surface area contributed by atoms with Gasteiger partial charge in [-0.05, 0) is 79.5 Å². The number of rotatable bonds is 4. The Morgan fingerprint density at radius 2 is 1.91 bits per heavy atom. The standard InChI is InChI=1S/C23H34/c1-6-7-8-9-18-13-17(3)22-19(14-18)15-23(4,5)21-11-10-16(2)12-20(21)22/h12-14,20-21H,6-11,15H2,1-5H3. The Labute approximate surface area is 143 Å². The average Bonchev–Trinajstić information content (AvgIpc) is 2.46. The van der Waals surface area contributed by atoms with Gasteiger partial charge in [-0.2, -0.15) is 0 Å². The summed E-state index contributed by atoms with van der Waals surface area (Å²) in [5, 5.41) is 0. The van der Waals surface area contributed by atoms with Crippen LogP contribution in [0.4, 0.5) is 0 Å². The molecule has 0 nitrogen and oxygen atoms in total. The van der Waals surface area contributed by atoms with Gasteiger partial charge < -0.3 is 0 Å². The normalized spacial score (nSPS) is 25.5. The summed E-state index contributed by atoms with van der Waals surface area (Å²) in [6.07, 6.45) is 11.8. The Morgan fingerprint density at radius 3 is 2.65 bits per heavy atom. The molecule has 0 saturated heterocycles. The molecular weight excluding hydrogens is 276 g/mol. The number of hydrogen-bond acceptors (Lipinski definition) is 0. The number of allylic oxidation sites excluding steroid dienone is 2. The average molecular weight is 311 g/mol. The third-order valence-corrected chi connectivity index (χ3v) is 6.33. The quantitative estimate of drug-likeness (QED) is 0.426. The third-order valence-electron chi connectivity index (χ3n) is 6.33. The zero-order chi connectivity index (χ0) is 16.6. The van der Waals surface area contributed by atoms with Crippen molar-refractivity contribution < 1.29 is 0 Å². The Kier molecular flexibility index (Phi) is 4.72. The summed E-state index contributed by atoms with van der Waals surface area (Å²) in [5.74, 6) is 1.48. The van der Waals surface area contributed by atoms with E-state index in [4.69, 9.17) is 0 Å². The molecular formula is C23H34. The lowest BCUT2D eigenvalue weighted by Gasteiger charge is -2.47. The molecule has 0 fully saturated rings. The first-order valence-corrected chi connectivity index (χ1v) is 9.72. The monoisotopic (exact) mass is 310 g/mol. The molecule has 23 heavy (non-hydrogen) atoms. The lowest BCUT2D eigenvalue weighted by Crippen LogP contribution is -2.37. The Bertz CT molecular complexity index is 603. The summed E-state index contributed by atoms with van der Waals surface area (Å²) in [5.41, 5.74) is 8.47. The highest BCUT2D eigenvalue weighted by Gasteiger charge is 2.42. The smallest absolute Gasteiger partial charge is 0.00595 e. The van der Waals surface area contributed by atoms with Crippen LogP contribution in [0.5, 0.6) is 0 Å². The number of fused-ring (bicyclic) bond motifs is 3. The highest BCUT2D eigenvalue weighted by molar-refractivity contribution is 5.47. The van der Waals surface area contributed by atoms with E-state index in [0.717, 1.165) is 5.92 Å². The van der Waals surface area contributed by atoms with Gasteiger partial charge in [-0.3, -0.25) is 0 Å². The van der Waals surface area contributed by atoms with Crippen molar-refractivity contribution in [3.8, 4) is 0 Å². The van der Waals surface area contributed by atoms with Crippen LogP contribution in [-0.4, -0.2) is 0 Å². The van der Waals surface area contributed by atoms with Crippen molar-refractivity contribution in [2.45, 2.75) is 85.5 Å². The van der Waals surface area contributed by atoms with Gasteiger partial charge in [-0.1, -0.05) is 57.4 Å². The number of unbranched alkanes of at least 4 members (excludes halogenated alkanes) is 2. The molecule has 2 aliphatic carbocycles. The summed E-state index contributed by atoms with van der Waals surface area (Å²) >= 11 is 0. The maximum Gasteiger partial charge on any atom is 0.00595 e. The molecule has 0 aromatic heterocycles. The highest BCUT2D eigenvalue weighted by Crippen LogP contribution is 2.53. The zero-order valence-corrected chi connectivity index (χ0v) is 15.8. The minimum absolute atomic E-state index is 0.434. The van der Waals surface area contributed by atoms with Gasteiger partial charge in [-0.25, -0.2) is 0 Å². The molecule has 2 unspecified atom stereocenters. The van der Waals surface area contributed by atoms with E-state index in [2.05, 4.69) is 52.8 Å². The van der Waals surface area contributed by atoms with Gasteiger partial charge in [0.2, 0.25) is 0 Å². The van der Waals surface area contributed by atoms with Crippen LogP contribution in [0.1, 0.15) is 88.0 Å². The van der Waals surface area contributed by atoms with Crippen LogP contribution in [0, 0.1) is 18.3 Å².